The quantitative estimate of drug-likeness (QED) is 0.463. The first kappa shape index (κ1) is 10.9. The van der Waals surface area contributed by atoms with Crippen molar-refractivity contribution in [3.63, 3.8) is 0 Å². The van der Waals surface area contributed by atoms with Crippen LogP contribution in [-0.2, 0) is 4.79 Å². The highest BCUT2D eigenvalue weighted by molar-refractivity contribution is 5.91. The van der Waals surface area contributed by atoms with Crippen molar-refractivity contribution in [2.75, 3.05) is 5.32 Å². The molecule has 0 spiro atoms. The lowest BCUT2D eigenvalue weighted by Gasteiger charge is -1.99. The molecular weight excluding hydrogens is 196 g/mol. The Bertz CT molecular complexity index is 382. The van der Waals surface area contributed by atoms with Gasteiger partial charge in [-0.25, -0.2) is 0 Å². The smallest absolute Gasteiger partial charge is 0.327 e. The zero-order valence-corrected chi connectivity index (χ0v) is 8.14. The van der Waals surface area contributed by atoms with Crippen LogP contribution in [0.15, 0.2) is 42.2 Å². The van der Waals surface area contributed by atoms with Crippen LogP contribution in [-0.4, -0.2) is 10.7 Å². The number of Topliss-reactive ketones (excluding diaryl/α,β-unsaturated/α-hetero) is 1. The second-order valence-electron chi connectivity index (χ2n) is 2.85. The average Bonchev–Trinajstić information content (AvgIpc) is 2.18. The Morgan fingerprint density at radius 2 is 2.00 bits per heavy atom. The van der Waals surface area contributed by atoms with Gasteiger partial charge in [0.1, 0.15) is 0 Å². The van der Waals surface area contributed by atoms with Crippen LogP contribution in [0.4, 0.5) is 5.69 Å². The van der Waals surface area contributed by atoms with Crippen LogP contribution in [0.3, 0.4) is 0 Å². The standard InChI is InChI=1S/C10H10N2O3/c1-8(13)10(12(14)15)7-11-9-5-3-2-4-6-9/h2-7,11H,1H3/b10-7+. The number of nitrogens with zero attached hydrogens (tertiary/aromatic N) is 1. The van der Waals surface area contributed by atoms with Gasteiger partial charge in [-0.05, 0) is 12.1 Å². The van der Waals surface area contributed by atoms with E-state index in [1.165, 1.54) is 0 Å². The minimum atomic E-state index is -0.710. The molecule has 78 valence electrons. The highest BCUT2D eigenvalue weighted by Crippen LogP contribution is 2.06. The van der Waals surface area contributed by atoms with Gasteiger partial charge in [-0.3, -0.25) is 14.9 Å². The Kier molecular flexibility index (Phi) is 3.56. The summed E-state index contributed by atoms with van der Waals surface area (Å²) in [5.74, 6) is -0.580. The summed E-state index contributed by atoms with van der Waals surface area (Å²) in [6.45, 7) is 1.15. The van der Waals surface area contributed by atoms with E-state index in [-0.39, 0.29) is 0 Å². The number of carbonyl (C=O) groups is 1. The van der Waals surface area contributed by atoms with E-state index in [0.29, 0.717) is 5.69 Å². The lowest BCUT2D eigenvalue weighted by molar-refractivity contribution is -0.418. The number of nitrogens with one attached hydrogen (secondary N) is 1. The van der Waals surface area contributed by atoms with Crippen molar-refractivity contribution in [3.05, 3.63) is 52.3 Å². The van der Waals surface area contributed by atoms with Crippen LogP contribution < -0.4 is 5.32 Å². The molecule has 0 fully saturated rings. The second-order valence-corrected chi connectivity index (χ2v) is 2.85. The molecule has 0 bridgehead atoms. The molecule has 15 heavy (non-hydrogen) atoms. The van der Waals surface area contributed by atoms with Gasteiger partial charge in [-0.15, -0.1) is 0 Å². The number of hydrogen-bond donors (Lipinski definition) is 1. The number of allylic oxidation sites excluding steroid dienone is 1. The van der Waals surface area contributed by atoms with Gasteiger partial charge in [-0.2, -0.15) is 0 Å². The highest BCUT2D eigenvalue weighted by atomic mass is 16.6. The third-order valence-corrected chi connectivity index (χ3v) is 1.71. The maximum atomic E-state index is 10.9. The monoisotopic (exact) mass is 206 g/mol. The normalized spacial score (nSPS) is 10.9. The van der Waals surface area contributed by atoms with Crippen LogP contribution in [0.2, 0.25) is 0 Å². The first-order valence-electron chi connectivity index (χ1n) is 4.28. The second kappa shape index (κ2) is 4.90. The first-order valence-corrected chi connectivity index (χ1v) is 4.28. The summed E-state index contributed by atoms with van der Waals surface area (Å²) in [5, 5.41) is 13.1. The van der Waals surface area contributed by atoms with Crippen LogP contribution >= 0.6 is 0 Å². The largest absolute Gasteiger partial charge is 0.356 e. The van der Waals surface area contributed by atoms with Gasteiger partial charge in [0.05, 0.1) is 11.1 Å². The average molecular weight is 206 g/mol. The maximum Gasteiger partial charge on any atom is 0.327 e. The topological polar surface area (TPSA) is 72.2 Å². The van der Waals surface area contributed by atoms with E-state index < -0.39 is 16.4 Å². The molecule has 0 saturated carbocycles. The van der Waals surface area contributed by atoms with Gasteiger partial charge in [0.25, 0.3) is 0 Å². The third kappa shape index (κ3) is 3.22. The van der Waals surface area contributed by atoms with E-state index in [4.69, 9.17) is 0 Å². The van der Waals surface area contributed by atoms with Crippen molar-refractivity contribution in [1.82, 2.24) is 0 Å². The number of hydrogen-bond acceptors (Lipinski definition) is 4. The minimum Gasteiger partial charge on any atom is -0.356 e. The van der Waals surface area contributed by atoms with Gasteiger partial charge in [-0.1, -0.05) is 18.2 Å². The van der Waals surface area contributed by atoms with E-state index in [1.54, 1.807) is 24.3 Å². The fourth-order valence-electron chi connectivity index (χ4n) is 0.969. The molecule has 0 aliphatic carbocycles. The molecule has 1 rings (SSSR count). The molecule has 0 unspecified atom stereocenters. The summed E-state index contributed by atoms with van der Waals surface area (Å²) in [4.78, 5) is 20.6. The zero-order chi connectivity index (χ0) is 11.3. The van der Waals surface area contributed by atoms with E-state index in [2.05, 4.69) is 5.32 Å². The predicted molar refractivity (Wildman–Crippen MR) is 55.8 cm³/mol. The van der Waals surface area contributed by atoms with Crippen molar-refractivity contribution < 1.29 is 9.72 Å². The van der Waals surface area contributed by atoms with Crippen molar-refractivity contribution in [2.45, 2.75) is 6.92 Å². The number of ketones is 1. The highest BCUT2D eigenvalue weighted by Gasteiger charge is 2.15. The predicted octanol–water partition coefficient (Wildman–Crippen LogP) is 1.81. The number of benzene rings is 1. The van der Waals surface area contributed by atoms with Crippen molar-refractivity contribution >= 4 is 11.5 Å². The fraction of sp³-hybridized carbons (Fsp3) is 0.100. The SMILES string of the molecule is CC(=O)/C(=C\Nc1ccccc1)[N+](=O)[O-]. The summed E-state index contributed by atoms with van der Waals surface area (Å²) in [6, 6.07) is 8.89. The maximum absolute atomic E-state index is 10.9. The number of nitro groups is 1. The van der Waals surface area contributed by atoms with Crippen molar-refractivity contribution in [3.8, 4) is 0 Å². The zero-order valence-electron chi connectivity index (χ0n) is 8.14. The third-order valence-electron chi connectivity index (χ3n) is 1.71. The van der Waals surface area contributed by atoms with Gasteiger partial charge < -0.3 is 5.32 Å². The summed E-state index contributed by atoms with van der Waals surface area (Å²) in [7, 11) is 0. The molecule has 0 aromatic heterocycles. The molecular formula is C10H10N2O3. The number of rotatable bonds is 4. The summed E-state index contributed by atoms with van der Waals surface area (Å²) >= 11 is 0. The Balaban J connectivity index is 2.79. The lowest BCUT2D eigenvalue weighted by atomic mass is 10.3. The number of anilines is 1. The van der Waals surface area contributed by atoms with Crippen LogP contribution in [0.25, 0.3) is 0 Å². The van der Waals surface area contributed by atoms with E-state index in [1.807, 2.05) is 6.07 Å². The molecule has 0 aliphatic rings. The Morgan fingerprint density at radius 3 is 2.47 bits per heavy atom. The van der Waals surface area contributed by atoms with Gasteiger partial charge in [0.15, 0.2) is 0 Å². The van der Waals surface area contributed by atoms with Crippen molar-refractivity contribution in [1.29, 1.82) is 0 Å². The Labute approximate surface area is 86.6 Å². The molecule has 5 nitrogen and oxygen atoms in total. The van der Waals surface area contributed by atoms with Gasteiger partial charge >= 0.3 is 5.70 Å². The molecule has 0 radical (unpaired) electrons. The molecule has 1 aromatic rings. The van der Waals surface area contributed by atoms with Crippen LogP contribution in [0.1, 0.15) is 6.92 Å². The molecule has 0 aliphatic heterocycles. The van der Waals surface area contributed by atoms with E-state index in [9.17, 15) is 14.9 Å². The molecule has 1 aromatic carbocycles. The minimum absolute atomic E-state index is 0.459. The molecule has 1 N–H and O–H groups in total. The summed E-state index contributed by atoms with van der Waals surface area (Å²) < 4.78 is 0. The van der Waals surface area contributed by atoms with Crippen molar-refractivity contribution in [2.24, 2.45) is 0 Å². The summed E-state index contributed by atoms with van der Waals surface area (Å²) in [5.41, 5.74) is 0.233. The summed E-state index contributed by atoms with van der Waals surface area (Å²) in [6.07, 6.45) is 1.09. The number of carbonyl (C=O) groups excluding carboxylic acids is 1. The molecule has 0 amide bonds. The Morgan fingerprint density at radius 1 is 1.40 bits per heavy atom. The van der Waals surface area contributed by atoms with Crippen LogP contribution in [0.5, 0.6) is 0 Å². The fourth-order valence-corrected chi connectivity index (χ4v) is 0.969. The number of para-hydroxylation sites is 1. The molecule has 0 heterocycles. The first-order chi connectivity index (χ1) is 7.11. The van der Waals surface area contributed by atoms with Gasteiger partial charge in [0, 0.05) is 12.6 Å². The van der Waals surface area contributed by atoms with E-state index in [0.717, 1.165) is 13.1 Å². The lowest BCUT2D eigenvalue weighted by Crippen LogP contribution is -2.09. The van der Waals surface area contributed by atoms with Crippen LogP contribution in [0, 0.1) is 10.1 Å². The Hall–Kier alpha value is -2.17. The molecule has 5 heteroatoms. The van der Waals surface area contributed by atoms with E-state index >= 15 is 0 Å². The molecule has 0 saturated heterocycles. The molecule has 0 atom stereocenters. The van der Waals surface area contributed by atoms with Gasteiger partial charge in [0.2, 0.25) is 5.78 Å².